The molecule has 1 aromatic carbocycles. The van der Waals surface area contributed by atoms with Crippen molar-refractivity contribution in [1.29, 1.82) is 0 Å². The first kappa shape index (κ1) is 21.8. The number of amides is 3. The van der Waals surface area contributed by atoms with Crippen LogP contribution >= 0.6 is 0 Å². The Hall–Kier alpha value is -3.43. The minimum atomic E-state index is -0.534. The van der Waals surface area contributed by atoms with E-state index < -0.39 is 6.04 Å². The molecule has 2 aromatic rings. The Bertz CT molecular complexity index is 1050. The Balaban J connectivity index is 1.31. The van der Waals surface area contributed by atoms with Crippen molar-refractivity contribution >= 4 is 29.4 Å². The van der Waals surface area contributed by atoms with Crippen LogP contribution in [-0.2, 0) is 27.2 Å². The molecule has 1 aromatic heterocycles. The molecule has 3 atom stereocenters. The third-order valence-electron chi connectivity index (χ3n) is 6.83. The summed E-state index contributed by atoms with van der Waals surface area (Å²) in [5, 5.41) is 12.4. The normalized spacial score (nSPS) is 23.2. The monoisotopic (exact) mass is 439 g/mol. The fourth-order valence-electron chi connectivity index (χ4n) is 4.70. The van der Waals surface area contributed by atoms with Gasteiger partial charge in [0.05, 0.1) is 6.42 Å². The number of anilines is 2. The Morgan fingerprint density at radius 1 is 1.28 bits per heavy atom. The zero-order valence-electron chi connectivity index (χ0n) is 18.5. The fraction of sp³-hybridized carbons (Fsp3) is 0.500. The number of nitrogens with two attached hydrogens (primary N) is 1. The number of hydrogen-bond acceptors (Lipinski definition) is 6. The molecule has 10 heteroatoms. The number of fused-ring (bicyclic) bond motifs is 1. The molecule has 0 spiro atoms. The Labute approximate surface area is 186 Å². The number of nitrogens with one attached hydrogen (secondary N) is 3. The van der Waals surface area contributed by atoms with Gasteiger partial charge in [-0.05, 0) is 29.4 Å². The highest BCUT2D eigenvalue weighted by Crippen LogP contribution is 2.46. The van der Waals surface area contributed by atoms with Gasteiger partial charge in [0, 0.05) is 31.6 Å². The minimum absolute atomic E-state index is 0.0245. The summed E-state index contributed by atoms with van der Waals surface area (Å²) in [5.74, 6) is 0.314. The zero-order valence-corrected chi connectivity index (χ0v) is 18.5. The molecule has 4 rings (SSSR count). The summed E-state index contributed by atoms with van der Waals surface area (Å²) < 4.78 is 0. The number of aromatic amines is 1. The summed E-state index contributed by atoms with van der Waals surface area (Å²) in [4.78, 5) is 43.0. The van der Waals surface area contributed by atoms with E-state index in [0.29, 0.717) is 18.8 Å². The standard InChI is InChI=1S/C22H29N7O3/c1-12(30)29-15-7-5-4-6-13(15)8-16(29)20(32)25-17-9-14(22(17,2)3)11-24-19(31)10-18-26-21(23)28-27-18/h4-7,14,16-17H,8-11H2,1-3H3,(H,24,31)(H,25,32)(H3,23,26,27,28). The van der Waals surface area contributed by atoms with Crippen LogP contribution in [0.25, 0.3) is 0 Å². The topological polar surface area (TPSA) is 146 Å². The lowest BCUT2D eigenvalue weighted by Gasteiger charge is -2.52. The molecular formula is C22H29N7O3. The number of carbonyl (C=O) groups excluding carboxylic acids is 3. The largest absolute Gasteiger partial charge is 0.367 e. The average Bonchev–Trinajstić information content (AvgIpc) is 3.33. The van der Waals surface area contributed by atoms with Crippen molar-refractivity contribution in [1.82, 2.24) is 25.8 Å². The first-order chi connectivity index (χ1) is 15.2. The molecule has 5 N–H and O–H groups in total. The third kappa shape index (κ3) is 4.04. The van der Waals surface area contributed by atoms with Crippen LogP contribution in [0.3, 0.4) is 0 Å². The van der Waals surface area contributed by atoms with Gasteiger partial charge in [-0.15, -0.1) is 5.10 Å². The van der Waals surface area contributed by atoms with Crippen LogP contribution in [0.4, 0.5) is 11.6 Å². The number of H-pyrrole nitrogens is 1. The summed E-state index contributed by atoms with van der Waals surface area (Å²) >= 11 is 0. The van der Waals surface area contributed by atoms with E-state index >= 15 is 0 Å². The van der Waals surface area contributed by atoms with E-state index in [1.165, 1.54) is 6.92 Å². The SMILES string of the molecule is CC(=O)N1c2ccccc2CC1C(=O)NC1CC(CNC(=O)Cc2nc(N)n[nH]2)C1(C)C. The summed E-state index contributed by atoms with van der Waals surface area (Å²) in [6, 6.07) is 7.07. The summed E-state index contributed by atoms with van der Waals surface area (Å²) in [6.45, 7) is 6.17. The highest BCUT2D eigenvalue weighted by atomic mass is 16.2. The molecule has 1 fully saturated rings. The molecule has 1 aliphatic carbocycles. The van der Waals surface area contributed by atoms with Crippen molar-refractivity contribution in [2.45, 2.75) is 52.1 Å². The molecule has 2 aliphatic rings. The maximum absolute atomic E-state index is 13.1. The molecular weight excluding hydrogens is 410 g/mol. The molecule has 1 aliphatic heterocycles. The van der Waals surface area contributed by atoms with E-state index in [4.69, 9.17) is 5.73 Å². The first-order valence-electron chi connectivity index (χ1n) is 10.8. The molecule has 0 radical (unpaired) electrons. The zero-order chi connectivity index (χ0) is 23.0. The van der Waals surface area contributed by atoms with Gasteiger partial charge >= 0.3 is 0 Å². The molecule has 2 heterocycles. The van der Waals surface area contributed by atoms with E-state index in [1.54, 1.807) is 4.90 Å². The van der Waals surface area contributed by atoms with Crippen LogP contribution in [0, 0.1) is 11.3 Å². The fourth-order valence-corrected chi connectivity index (χ4v) is 4.70. The van der Waals surface area contributed by atoms with Crippen LogP contribution < -0.4 is 21.3 Å². The number of nitrogen functional groups attached to an aromatic ring is 1. The molecule has 1 saturated carbocycles. The Kier molecular flexibility index (Phi) is 5.62. The maximum atomic E-state index is 13.1. The van der Waals surface area contributed by atoms with Crippen molar-refractivity contribution in [3.8, 4) is 0 Å². The van der Waals surface area contributed by atoms with Crippen molar-refractivity contribution < 1.29 is 14.4 Å². The minimum Gasteiger partial charge on any atom is -0.367 e. The second-order valence-corrected chi connectivity index (χ2v) is 9.17. The van der Waals surface area contributed by atoms with Crippen molar-refractivity contribution in [3.63, 3.8) is 0 Å². The van der Waals surface area contributed by atoms with Crippen molar-refractivity contribution in [2.24, 2.45) is 11.3 Å². The molecule has 3 unspecified atom stereocenters. The van der Waals surface area contributed by atoms with Crippen molar-refractivity contribution in [2.75, 3.05) is 17.2 Å². The highest BCUT2D eigenvalue weighted by molar-refractivity contribution is 6.02. The van der Waals surface area contributed by atoms with Gasteiger partial charge in [-0.1, -0.05) is 32.0 Å². The molecule has 0 saturated heterocycles. The summed E-state index contributed by atoms with van der Waals surface area (Å²) in [6.07, 6.45) is 1.36. The van der Waals surface area contributed by atoms with Crippen LogP contribution in [-0.4, -0.2) is 51.5 Å². The predicted molar refractivity (Wildman–Crippen MR) is 118 cm³/mol. The molecule has 10 nitrogen and oxygen atoms in total. The first-order valence-corrected chi connectivity index (χ1v) is 10.8. The van der Waals surface area contributed by atoms with E-state index in [-0.39, 0.29) is 47.5 Å². The number of aromatic nitrogens is 3. The quantitative estimate of drug-likeness (QED) is 0.517. The van der Waals surface area contributed by atoms with E-state index in [0.717, 1.165) is 17.7 Å². The van der Waals surface area contributed by atoms with Crippen molar-refractivity contribution in [3.05, 3.63) is 35.7 Å². The van der Waals surface area contributed by atoms with Crippen LogP contribution in [0.5, 0.6) is 0 Å². The molecule has 3 amide bonds. The highest BCUT2D eigenvalue weighted by Gasteiger charge is 2.49. The van der Waals surface area contributed by atoms with Gasteiger partial charge in [-0.3, -0.25) is 24.4 Å². The van der Waals surface area contributed by atoms with Gasteiger partial charge in [-0.2, -0.15) is 4.98 Å². The van der Waals surface area contributed by atoms with Gasteiger partial charge in [0.1, 0.15) is 11.9 Å². The summed E-state index contributed by atoms with van der Waals surface area (Å²) in [7, 11) is 0. The molecule has 32 heavy (non-hydrogen) atoms. The number of hydrogen-bond donors (Lipinski definition) is 4. The van der Waals surface area contributed by atoms with Gasteiger partial charge in [0.15, 0.2) is 0 Å². The lowest BCUT2D eigenvalue weighted by atomic mass is 9.58. The summed E-state index contributed by atoms with van der Waals surface area (Å²) in [5.41, 5.74) is 7.08. The van der Waals surface area contributed by atoms with E-state index in [2.05, 4.69) is 39.7 Å². The van der Waals surface area contributed by atoms with Crippen LogP contribution in [0.1, 0.15) is 38.6 Å². The number of carbonyl (C=O) groups is 3. The van der Waals surface area contributed by atoms with Gasteiger partial charge in [-0.25, -0.2) is 0 Å². The van der Waals surface area contributed by atoms with E-state index in [9.17, 15) is 14.4 Å². The van der Waals surface area contributed by atoms with Gasteiger partial charge in [0.2, 0.25) is 23.7 Å². The average molecular weight is 440 g/mol. The van der Waals surface area contributed by atoms with Crippen LogP contribution in [0.15, 0.2) is 24.3 Å². The third-order valence-corrected chi connectivity index (χ3v) is 6.83. The van der Waals surface area contributed by atoms with Crippen LogP contribution in [0.2, 0.25) is 0 Å². The lowest BCUT2D eigenvalue weighted by molar-refractivity contribution is -0.129. The number of nitrogens with zero attached hydrogens (tertiary/aromatic N) is 3. The second kappa shape index (κ2) is 8.25. The number of para-hydroxylation sites is 1. The smallest absolute Gasteiger partial charge is 0.243 e. The number of rotatable bonds is 6. The maximum Gasteiger partial charge on any atom is 0.243 e. The molecule has 170 valence electrons. The Morgan fingerprint density at radius 2 is 2.03 bits per heavy atom. The number of benzene rings is 1. The second-order valence-electron chi connectivity index (χ2n) is 9.17. The molecule has 0 bridgehead atoms. The predicted octanol–water partition coefficient (Wildman–Crippen LogP) is 0.554. The van der Waals surface area contributed by atoms with E-state index in [1.807, 2.05) is 24.3 Å². The Morgan fingerprint density at radius 3 is 2.69 bits per heavy atom. The van der Waals surface area contributed by atoms with Gasteiger partial charge in [0.25, 0.3) is 0 Å². The van der Waals surface area contributed by atoms with Gasteiger partial charge < -0.3 is 16.4 Å². The lowest BCUT2D eigenvalue weighted by Crippen LogP contribution is -2.63.